The average molecular weight is 287 g/mol. The summed E-state index contributed by atoms with van der Waals surface area (Å²) in [6.45, 7) is 9.21. The van der Waals surface area contributed by atoms with Gasteiger partial charge in [0.15, 0.2) is 0 Å². The van der Waals surface area contributed by atoms with Gasteiger partial charge in [0.2, 0.25) is 5.60 Å². The number of hydrogen-bond donors (Lipinski definition) is 0. The Labute approximate surface area is 125 Å². The second-order valence-corrected chi connectivity index (χ2v) is 6.16. The molecule has 0 aliphatic carbocycles. The molecule has 1 atom stereocenters. The lowest BCUT2D eigenvalue weighted by molar-refractivity contribution is -0.180. The summed E-state index contributed by atoms with van der Waals surface area (Å²) in [5, 5.41) is 4.10. The van der Waals surface area contributed by atoms with E-state index in [4.69, 9.17) is 9.57 Å². The number of ether oxygens (including phenoxy) is 1. The van der Waals surface area contributed by atoms with Crippen molar-refractivity contribution in [2.45, 2.75) is 44.8 Å². The van der Waals surface area contributed by atoms with Crippen molar-refractivity contribution in [3.63, 3.8) is 0 Å². The van der Waals surface area contributed by atoms with E-state index in [9.17, 15) is 4.79 Å². The summed E-state index contributed by atoms with van der Waals surface area (Å²) in [7, 11) is 0. The number of esters is 1. The summed E-state index contributed by atoms with van der Waals surface area (Å²) in [6, 6.07) is 9.69. The number of rotatable bonds is 4. The fourth-order valence-electron chi connectivity index (χ4n) is 2.17. The molecular formula is C17H21NO3. The van der Waals surface area contributed by atoms with Gasteiger partial charge in [0.1, 0.15) is 5.60 Å². The van der Waals surface area contributed by atoms with E-state index >= 15 is 0 Å². The van der Waals surface area contributed by atoms with Crippen molar-refractivity contribution >= 4 is 11.7 Å². The molecule has 1 aliphatic heterocycles. The van der Waals surface area contributed by atoms with Crippen LogP contribution in [-0.4, -0.2) is 22.9 Å². The van der Waals surface area contributed by atoms with E-state index in [0.29, 0.717) is 12.8 Å². The normalized spacial score (nSPS) is 21.4. The van der Waals surface area contributed by atoms with Crippen LogP contribution in [-0.2, 0) is 14.4 Å². The topological polar surface area (TPSA) is 47.9 Å². The molecule has 0 bridgehead atoms. The van der Waals surface area contributed by atoms with Crippen molar-refractivity contribution in [1.29, 1.82) is 0 Å². The van der Waals surface area contributed by atoms with Gasteiger partial charge in [-0.15, -0.1) is 6.58 Å². The molecule has 0 saturated heterocycles. The molecule has 0 aromatic heterocycles. The highest BCUT2D eigenvalue weighted by atomic mass is 16.7. The molecule has 0 N–H and O–H groups in total. The average Bonchev–Trinajstić information content (AvgIpc) is 2.84. The van der Waals surface area contributed by atoms with Crippen LogP contribution in [0.3, 0.4) is 0 Å². The largest absolute Gasteiger partial charge is 0.457 e. The number of nitrogens with zero attached hydrogens (tertiary/aromatic N) is 1. The van der Waals surface area contributed by atoms with E-state index in [1.807, 2.05) is 51.1 Å². The minimum Gasteiger partial charge on any atom is -0.457 e. The van der Waals surface area contributed by atoms with E-state index < -0.39 is 17.2 Å². The third kappa shape index (κ3) is 3.51. The standard InChI is InChI=1S/C17H21NO3/c1-5-11-17(15(19)20-16(2,3)4)12-14(18-21-17)13-9-7-6-8-10-13/h5-10H,1,11-12H2,2-4H3/t17-/m0/s1. The van der Waals surface area contributed by atoms with Crippen LogP contribution in [0.4, 0.5) is 0 Å². The van der Waals surface area contributed by atoms with Crippen molar-refractivity contribution in [1.82, 2.24) is 0 Å². The SMILES string of the molecule is C=CC[C@@]1(C(=O)OC(C)(C)C)CC(c2ccccc2)=NO1. The molecule has 1 aromatic rings. The van der Waals surface area contributed by atoms with Crippen LogP contribution in [0.5, 0.6) is 0 Å². The van der Waals surface area contributed by atoms with Crippen LogP contribution >= 0.6 is 0 Å². The van der Waals surface area contributed by atoms with E-state index in [2.05, 4.69) is 11.7 Å². The number of carbonyl (C=O) groups is 1. The van der Waals surface area contributed by atoms with Crippen LogP contribution in [0.2, 0.25) is 0 Å². The Hall–Kier alpha value is -2.10. The zero-order valence-corrected chi connectivity index (χ0v) is 12.8. The van der Waals surface area contributed by atoms with Gasteiger partial charge in [-0.2, -0.15) is 0 Å². The smallest absolute Gasteiger partial charge is 0.354 e. The Kier molecular flexibility index (Phi) is 4.16. The first-order chi connectivity index (χ1) is 9.86. The molecule has 21 heavy (non-hydrogen) atoms. The van der Waals surface area contributed by atoms with Crippen LogP contribution in [0.1, 0.15) is 39.2 Å². The van der Waals surface area contributed by atoms with Gasteiger partial charge in [-0.1, -0.05) is 41.6 Å². The first-order valence-corrected chi connectivity index (χ1v) is 7.01. The van der Waals surface area contributed by atoms with Crippen molar-refractivity contribution in [2.24, 2.45) is 5.16 Å². The predicted octanol–water partition coefficient (Wildman–Crippen LogP) is 3.47. The number of carbonyl (C=O) groups excluding carboxylic acids is 1. The van der Waals surface area contributed by atoms with Crippen LogP contribution in [0, 0.1) is 0 Å². The molecule has 1 aliphatic rings. The molecule has 0 amide bonds. The minimum atomic E-state index is -1.10. The fraction of sp³-hybridized carbons (Fsp3) is 0.412. The minimum absolute atomic E-state index is 0.363. The van der Waals surface area contributed by atoms with E-state index in [-0.39, 0.29) is 0 Å². The molecule has 0 radical (unpaired) electrons. The van der Waals surface area contributed by atoms with Crippen LogP contribution in [0.25, 0.3) is 0 Å². The summed E-state index contributed by atoms with van der Waals surface area (Å²) in [6.07, 6.45) is 2.41. The molecule has 112 valence electrons. The summed E-state index contributed by atoms with van der Waals surface area (Å²) in [5.41, 5.74) is 0.0416. The number of hydrogen-bond acceptors (Lipinski definition) is 4. The first-order valence-electron chi connectivity index (χ1n) is 7.01. The van der Waals surface area contributed by atoms with E-state index in [1.54, 1.807) is 6.08 Å². The van der Waals surface area contributed by atoms with Crippen molar-refractivity contribution in [2.75, 3.05) is 0 Å². The maximum atomic E-state index is 12.5. The molecular weight excluding hydrogens is 266 g/mol. The lowest BCUT2D eigenvalue weighted by atomic mass is 9.91. The molecule has 1 heterocycles. The molecule has 0 fully saturated rings. The lowest BCUT2D eigenvalue weighted by Gasteiger charge is -2.28. The molecule has 0 spiro atoms. The maximum Gasteiger partial charge on any atom is 0.354 e. The van der Waals surface area contributed by atoms with Gasteiger partial charge < -0.3 is 9.57 Å². The Morgan fingerprint density at radius 2 is 2.10 bits per heavy atom. The molecule has 1 aromatic carbocycles. The molecule has 0 saturated carbocycles. The third-order valence-electron chi connectivity index (χ3n) is 3.14. The van der Waals surface area contributed by atoms with Crippen molar-refractivity contribution < 1.29 is 14.4 Å². The molecule has 4 nitrogen and oxygen atoms in total. The Morgan fingerprint density at radius 3 is 2.67 bits per heavy atom. The van der Waals surface area contributed by atoms with Gasteiger partial charge in [0, 0.05) is 12.8 Å². The van der Waals surface area contributed by atoms with Gasteiger partial charge in [-0.25, -0.2) is 4.79 Å². The van der Waals surface area contributed by atoms with Gasteiger partial charge in [-0.3, -0.25) is 0 Å². The van der Waals surface area contributed by atoms with E-state index in [1.165, 1.54) is 0 Å². The summed E-state index contributed by atoms with van der Waals surface area (Å²) >= 11 is 0. The number of oxime groups is 1. The highest BCUT2D eigenvalue weighted by Crippen LogP contribution is 2.33. The lowest BCUT2D eigenvalue weighted by Crippen LogP contribution is -2.43. The summed E-state index contributed by atoms with van der Waals surface area (Å²) in [4.78, 5) is 18.0. The quantitative estimate of drug-likeness (QED) is 0.629. The first kappa shape index (κ1) is 15.3. The van der Waals surface area contributed by atoms with Gasteiger partial charge in [0.25, 0.3) is 0 Å². The monoisotopic (exact) mass is 287 g/mol. The molecule has 2 rings (SSSR count). The third-order valence-corrected chi connectivity index (χ3v) is 3.14. The Balaban J connectivity index is 2.20. The number of benzene rings is 1. The van der Waals surface area contributed by atoms with Crippen molar-refractivity contribution in [3.05, 3.63) is 48.6 Å². The molecule has 4 heteroatoms. The van der Waals surface area contributed by atoms with Crippen LogP contribution in [0.15, 0.2) is 48.1 Å². The van der Waals surface area contributed by atoms with E-state index in [0.717, 1.165) is 11.3 Å². The van der Waals surface area contributed by atoms with Gasteiger partial charge in [-0.05, 0) is 26.3 Å². The van der Waals surface area contributed by atoms with Crippen molar-refractivity contribution in [3.8, 4) is 0 Å². The van der Waals surface area contributed by atoms with Gasteiger partial charge in [0.05, 0.1) is 5.71 Å². The molecule has 0 unspecified atom stereocenters. The summed E-state index contributed by atoms with van der Waals surface area (Å²) < 4.78 is 5.48. The maximum absolute atomic E-state index is 12.5. The Morgan fingerprint density at radius 1 is 1.43 bits per heavy atom. The highest BCUT2D eigenvalue weighted by Gasteiger charge is 2.48. The second-order valence-electron chi connectivity index (χ2n) is 6.16. The van der Waals surface area contributed by atoms with Gasteiger partial charge >= 0.3 is 5.97 Å². The highest BCUT2D eigenvalue weighted by molar-refractivity contribution is 6.04. The zero-order chi connectivity index (χ0) is 15.5. The fourth-order valence-corrected chi connectivity index (χ4v) is 2.17. The zero-order valence-electron chi connectivity index (χ0n) is 12.8. The Bertz CT molecular complexity index is 557. The second kappa shape index (κ2) is 5.72. The predicted molar refractivity (Wildman–Crippen MR) is 82.1 cm³/mol. The van der Waals surface area contributed by atoms with Crippen LogP contribution < -0.4 is 0 Å². The summed E-state index contributed by atoms with van der Waals surface area (Å²) in [5.74, 6) is -0.399.